The Morgan fingerprint density at radius 2 is 1.88 bits per heavy atom. The Morgan fingerprint density at radius 1 is 1.12 bits per heavy atom. The number of nitrogens with one attached hydrogen (secondary N) is 2. The molecular weight excluding hydrogens is 347 g/mol. The second-order valence-corrected chi connectivity index (χ2v) is 6.89. The van der Waals surface area contributed by atoms with Crippen molar-refractivity contribution in [2.75, 3.05) is 4.90 Å². The fraction of sp³-hybridized carbons (Fsp3) is 0.200. The van der Waals surface area contributed by atoms with Crippen molar-refractivity contribution in [2.45, 2.75) is 25.9 Å². The molecule has 1 saturated heterocycles. The van der Waals surface area contributed by atoms with Crippen molar-refractivity contribution in [3.63, 3.8) is 0 Å². The van der Waals surface area contributed by atoms with Crippen LogP contribution in [-0.4, -0.2) is 15.1 Å². The number of aryl methyl sites for hydroxylation is 2. The highest BCUT2D eigenvalue weighted by molar-refractivity contribution is 7.80. The molecule has 1 aliphatic heterocycles. The predicted molar refractivity (Wildman–Crippen MR) is 105 cm³/mol. The molecule has 26 heavy (non-hydrogen) atoms. The number of rotatable bonds is 3. The highest BCUT2D eigenvalue weighted by Crippen LogP contribution is 2.42. The molecule has 0 bridgehead atoms. The van der Waals surface area contributed by atoms with E-state index in [4.69, 9.17) is 12.2 Å². The second-order valence-electron chi connectivity index (χ2n) is 6.51. The maximum absolute atomic E-state index is 13.4. The smallest absolute Gasteiger partial charge is 0.174 e. The minimum absolute atomic E-state index is 0.0761. The molecule has 0 radical (unpaired) electrons. The van der Waals surface area contributed by atoms with Crippen LogP contribution in [0.5, 0.6) is 0 Å². The van der Waals surface area contributed by atoms with Crippen LogP contribution in [0.15, 0.2) is 54.7 Å². The van der Waals surface area contributed by atoms with Crippen LogP contribution in [0.25, 0.3) is 0 Å². The van der Waals surface area contributed by atoms with Gasteiger partial charge >= 0.3 is 0 Å². The van der Waals surface area contributed by atoms with Crippen LogP contribution < -0.4 is 10.2 Å². The molecule has 3 heterocycles. The summed E-state index contributed by atoms with van der Waals surface area (Å²) in [5.74, 6) is -0.265. The third kappa shape index (κ3) is 2.86. The molecule has 1 fully saturated rings. The fourth-order valence-corrected chi connectivity index (χ4v) is 3.95. The number of anilines is 1. The third-order valence-electron chi connectivity index (χ3n) is 4.71. The number of aromatic amines is 1. The molecule has 0 saturated carbocycles. The van der Waals surface area contributed by atoms with Gasteiger partial charge in [0.2, 0.25) is 0 Å². The number of hydrogen-bond acceptors (Lipinski definition) is 2. The first-order valence-electron chi connectivity index (χ1n) is 8.47. The first kappa shape index (κ1) is 16.7. The molecular formula is C20H19FN4S. The van der Waals surface area contributed by atoms with E-state index in [1.54, 1.807) is 18.3 Å². The Labute approximate surface area is 157 Å². The molecule has 3 aromatic rings. The van der Waals surface area contributed by atoms with Crippen LogP contribution in [0.1, 0.15) is 34.7 Å². The average Bonchev–Trinajstić information content (AvgIpc) is 3.15. The zero-order valence-corrected chi connectivity index (χ0v) is 15.3. The van der Waals surface area contributed by atoms with Gasteiger partial charge in [0.25, 0.3) is 0 Å². The predicted octanol–water partition coefficient (Wildman–Crippen LogP) is 4.34. The number of benzene rings is 1. The maximum Gasteiger partial charge on any atom is 0.174 e. The Kier molecular flexibility index (Phi) is 4.20. The zero-order chi connectivity index (χ0) is 18.3. The van der Waals surface area contributed by atoms with E-state index in [1.807, 2.05) is 30.0 Å². The molecule has 0 amide bonds. The maximum atomic E-state index is 13.4. The van der Waals surface area contributed by atoms with Crippen molar-refractivity contribution in [2.24, 2.45) is 0 Å². The normalized spacial score (nSPS) is 19.7. The number of H-pyrrole nitrogens is 1. The van der Waals surface area contributed by atoms with E-state index in [9.17, 15) is 4.39 Å². The summed E-state index contributed by atoms with van der Waals surface area (Å²) < 4.78 is 13.4. The molecule has 1 aliphatic rings. The summed E-state index contributed by atoms with van der Waals surface area (Å²) in [5, 5.41) is 4.01. The molecule has 0 aliphatic carbocycles. The van der Waals surface area contributed by atoms with Gasteiger partial charge in [-0.2, -0.15) is 0 Å². The van der Waals surface area contributed by atoms with Crippen molar-refractivity contribution >= 4 is 23.0 Å². The van der Waals surface area contributed by atoms with Crippen molar-refractivity contribution in [1.82, 2.24) is 15.3 Å². The summed E-state index contributed by atoms with van der Waals surface area (Å²) in [6.45, 7) is 4.09. The summed E-state index contributed by atoms with van der Waals surface area (Å²) in [6.07, 6.45) is 1.78. The fourth-order valence-electron chi connectivity index (χ4n) is 3.60. The Balaban J connectivity index is 1.85. The number of nitrogens with zero attached hydrogens (tertiary/aromatic N) is 2. The Morgan fingerprint density at radius 3 is 2.50 bits per heavy atom. The van der Waals surface area contributed by atoms with Gasteiger partial charge in [-0.1, -0.05) is 6.07 Å². The molecule has 0 unspecified atom stereocenters. The first-order valence-corrected chi connectivity index (χ1v) is 8.88. The number of pyridine rings is 1. The van der Waals surface area contributed by atoms with Crippen LogP contribution >= 0.6 is 12.2 Å². The molecule has 2 N–H and O–H groups in total. The van der Waals surface area contributed by atoms with Gasteiger partial charge in [-0.15, -0.1) is 0 Å². The topological polar surface area (TPSA) is 44.0 Å². The van der Waals surface area contributed by atoms with E-state index in [0.29, 0.717) is 5.11 Å². The monoisotopic (exact) mass is 366 g/mol. The van der Waals surface area contributed by atoms with E-state index < -0.39 is 0 Å². The lowest BCUT2D eigenvalue weighted by Crippen LogP contribution is -2.29. The minimum atomic E-state index is -0.265. The van der Waals surface area contributed by atoms with Crippen LogP contribution in [0.2, 0.25) is 0 Å². The summed E-state index contributed by atoms with van der Waals surface area (Å²) >= 11 is 5.64. The largest absolute Gasteiger partial charge is 0.362 e. The van der Waals surface area contributed by atoms with Gasteiger partial charge in [-0.05, 0) is 74.1 Å². The van der Waals surface area contributed by atoms with E-state index in [1.165, 1.54) is 12.1 Å². The molecule has 1 aromatic carbocycles. The second kappa shape index (κ2) is 6.53. The van der Waals surface area contributed by atoms with E-state index >= 15 is 0 Å². The minimum Gasteiger partial charge on any atom is -0.362 e. The summed E-state index contributed by atoms with van der Waals surface area (Å²) in [4.78, 5) is 9.95. The summed E-state index contributed by atoms with van der Waals surface area (Å²) in [6, 6.07) is 14.3. The van der Waals surface area contributed by atoms with Gasteiger partial charge in [-0.3, -0.25) is 4.98 Å². The molecule has 4 nitrogen and oxygen atoms in total. The summed E-state index contributed by atoms with van der Waals surface area (Å²) in [5.41, 5.74) is 5.10. The lowest BCUT2D eigenvalue weighted by Gasteiger charge is -2.28. The third-order valence-corrected chi connectivity index (χ3v) is 5.03. The molecule has 132 valence electrons. The van der Waals surface area contributed by atoms with Gasteiger partial charge in [-0.25, -0.2) is 4.39 Å². The Bertz CT molecular complexity index is 936. The standard InChI is InChI=1S/C20H19FN4S/c1-12-11-16(13(2)23-12)19-18(17-5-3-4-10-22-17)24-20(26)25(19)15-8-6-14(21)7-9-15/h3-11,18-19,23H,1-2H3,(H,24,26)/t18-,19+/m1/s1. The zero-order valence-electron chi connectivity index (χ0n) is 14.5. The van der Waals surface area contributed by atoms with E-state index in [0.717, 1.165) is 28.3 Å². The van der Waals surface area contributed by atoms with Gasteiger partial charge in [0.05, 0.1) is 17.8 Å². The van der Waals surface area contributed by atoms with Crippen molar-refractivity contribution in [3.05, 3.63) is 83.2 Å². The SMILES string of the molecule is Cc1cc([C@H]2[C@@H](c3ccccn3)NC(=S)N2c2ccc(F)cc2)c(C)[nH]1. The van der Waals surface area contributed by atoms with Crippen molar-refractivity contribution in [3.8, 4) is 0 Å². The number of thiocarbonyl (C=S) groups is 1. The van der Waals surface area contributed by atoms with Gasteiger partial charge in [0.15, 0.2) is 5.11 Å². The number of halogens is 1. The summed E-state index contributed by atoms with van der Waals surface area (Å²) in [7, 11) is 0. The van der Waals surface area contributed by atoms with Crippen LogP contribution in [0.4, 0.5) is 10.1 Å². The first-order chi connectivity index (χ1) is 12.5. The number of aromatic nitrogens is 2. The molecule has 0 spiro atoms. The lowest BCUT2D eigenvalue weighted by molar-refractivity contribution is 0.565. The molecule has 6 heteroatoms. The molecule has 2 aromatic heterocycles. The molecule has 4 rings (SSSR count). The van der Waals surface area contributed by atoms with Crippen LogP contribution in [-0.2, 0) is 0 Å². The number of hydrogen-bond donors (Lipinski definition) is 2. The lowest BCUT2D eigenvalue weighted by atomic mass is 9.96. The van der Waals surface area contributed by atoms with Crippen molar-refractivity contribution < 1.29 is 4.39 Å². The highest BCUT2D eigenvalue weighted by atomic mass is 32.1. The van der Waals surface area contributed by atoms with Crippen molar-refractivity contribution in [1.29, 1.82) is 0 Å². The van der Waals surface area contributed by atoms with Gasteiger partial charge in [0.1, 0.15) is 5.82 Å². The Hall–Kier alpha value is -2.73. The highest BCUT2D eigenvalue weighted by Gasteiger charge is 2.41. The van der Waals surface area contributed by atoms with Gasteiger partial charge in [0, 0.05) is 23.3 Å². The van der Waals surface area contributed by atoms with E-state index in [-0.39, 0.29) is 17.9 Å². The quantitative estimate of drug-likeness (QED) is 0.677. The van der Waals surface area contributed by atoms with Crippen LogP contribution in [0, 0.1) is 19.7 Å². The van der Waals surface area contributed by atoms with Crippen LogP contribution in [0.3, 0.4) is 0 Å². The average molecular weight is 366 g/mol. The molecule has 2 atom stereocenters. The van der Waals surface area contributed by atoms with E-state index in [2.05, 4.69) is 28.3 Å². The van der Waals surface area contributed by atoms with Gasteiger partial charge < -0.3 is 15.2 Å².